The monoisotopic (exact) mass is 444 g/mol. The lowest BCUT2D eigenvalue weighted by Gasteiger charge is -2.33. The van der Waals surface area contributed by atoms with E-state index in [1.165, 1.54) is 11.0 Å². The number of fused-ring (bicyclic) bond motifs is 2. The second kappa shape index (κ2) is 9.48. The van der Waals surface area contributed by atoms with Gasteiger partial charge in [-0.05, 0) is 79.0 Å². The second-order valence-electron chi connectivity index (χ2n) is 10.4. The molecule has 4 rings (SSSR count). The van der Waals surface area contributed by atoms with E-state index in [1.807, 2.05) is 58.6 Å². The molecule has 0 saturated carbocycles. The number of pyridine rings is 1. The van der Waals surface area contributed by atoms with Crippen LogP contribution in [0, 0.1) is 5.92 Å². The molecule has 1 amide bonds. The Morgan fingerprint density at radius 2 is 1.72 bits per heavy atom. The van der Waals surface area contributed by atoms with Crippen LogP contribution < -0.4 is 5.32 Å². The van der Waals surface area contributed by atoms with E-state index in [0.717, 1.165) is 37.0 Å². The largest absolute Gasteiger partial charge is 0.444 e. The molecule has 0 spiro atoms. The molecule has 8 heteroatoms. The topological polar surface area (TPSA) is 85.7 Å². The number of ether oxygens (including phenoxy) is 2. The van der Waals surface area contributed by atoms with Crippen molar-refractivity contribution >= 4 is 23.1 Å². The number of carbonyl (C=O) groups excluding carboxylic acids is 2. The zero-order chi connectivity index (χ0) is 23.5. The van der Waals surface area contributed by atoms with Gasteiger partial charge in [0.15, 0.2) is 0 Å². The van der Waals surface area contributed by atoms with Crippen molar-refractivity contribution in [1.29, 1.82) is 0 Å². The maximum atomic E-state index is 12.0. The van der Waals surface area contributed by atoms with Crippen LogP contribution >= 0.6 is 0 Å². The minimum absolute atomic E-state index is 0.149. The summed E-state index contributed by atoms with van der Waals surface area (Å²) in [5.41, 5.74) is -0.121. The second-order valence-corrected chi connectivity index (χ2v) is 10.4. The third-order valence-electron chi connectivity index (χ3n) is 5.44. The Balaban J connectivity index is 0.000000181. The smallest absolute Gasteiger partial charge is 0.419 e. The van der Waals surface area contributed by atoms with E-state index < -0.39 is 11.2 Å². The predicted molar refractivity (Wildman–Crippen MR) is 124 cm³/mol. The molecule has 0 bridgehead atoms. The SMILES string of the molecule is CC(C)(C)OC(=O)N1CC[C@@H]2CCNC[C@@H]21.CC(C)(C)OC(=O)n1ccc2ccncc21. The first-order chi connectivity index (χ1) is 14.9. The van der Waals surface area contributed by atoms with Gasteiger partial charge in [-0.1, -0.05) is 0 Å². The van der Waals surface area contributed by atoms with Gasteiger partial charge in [0.2, 0.25) is 0 Å². The number of amides is 1. The van der Waals surface area contributed by atoms with E-state index in [4.69, 9.17) is 9.47 Å². The Bertz CT molecular complexity index is 941. The highest BCUT2D eigenvalue weighted by molar-refractivity contribution is 5.88. The third kappa shape index (κ3) is 6.22. The molecule has 2 aliphatic rings. The molecule has 32 heavy (non-hydrogen) atoms. The number of rotatable bonds is 0. The first-order valence-corrected chi connectivity index (χ1v) is 11.3. The van der Waals surface area contributed by atoms with E-state index in [9.17, 15) is 9.59 Å². The highest BCUT2D eigenvalue weighted by Crippen LogP contribution is 2.30. The molecular formula is C24H36N4O4. The van der Waals surface area contributed by atoms with Gasteiger partial charge >= 0.3 is 12.2 Å². The van der Waals surface area contributed by atoms with Gasteiger partial charge in [0.05, 0.1) is 17.8 Å². The van der Waals surface area contributed by atoms with Crippen molar-refractivity contribution < 1.29 is 19.1 Å². The van der Waals surface area contributed by atoms with Crippen molar-refractivity contribution in [2.45, 2.75) is 71.6 Å². The number of likely N-dealkylation sites (tertiary alicyclic amines) is 1. The first kappa shape index (κ1) is 24.0. The van der Waals surface area contributed by atoms with Crippen LogP contribution in [0.4, 0.5) is 9.59 Å². The summed E-state index contributed by atoms with van der Waals surface area (Å²) in [6, 6.07) is 4.07. The van der Waals surface area contributed by atoms with Crippen LogP contribution in [-0.4, -0.2) is 63.5 Å². The summed E-state index contributed by atoms with van der Waals surface area (Å²) in [5.74, 6) is 0.675. The Kier molecular flexibility index (Phi) is 7.12. The standard InChI is InChI=1S/C12H22N2O2.C12H14N2O2/c2*1-12(2,3)16-11(15)14-7-5-9-4-6-13-8-10(9)14/h9-10,13H,4-8H2,1-3H3;4-8H,1-3H3/t9-,10-;/m0./s1. The molecule has 2 atom stereocenters. The number of aromatic nitrogens is 2. The zero-order valence-electron chi connectivity index (χ0n) is 20.1. The molecule has 0 aliphatic carbocycles. The molecule has 4 heterocycles. The lowest BCUT2D eigenvalue weighted by Crippen LogP contribution is -2.49. The van der Waals surface area contributed by atoms with Gasteiger partial charge in [-0.3, -0.25) is 9.55 Å². The molecule has 8 nitrogen and oxygen atoms in total. The van der Waals surface area contributed by atoms with Crippen molar-refractivity contribution in [3.63, 3.8) is 0 Å². The third-order valence-corrected chi connectivity index (χ3v) is 5.44. The van der Waals surface area contributed by atoms with Gasteiger partial charge in [0, 0.05) is 30.9 Å². The molecule has 2 aromatic rings. The van der Waals surface area contributed by atoms with Crippen LogP contribution in [0.3, 0.4) is 0 Å². The summed E-state index contributed by atoms with van der Waals surface area (Å²) >= 11 is 0. The predicted octanol–water partition coefficient (Wildman–Crippen LogP) is 4.42. The average Bonchev–Trinajstić information content (AvgIpc) is 3.30. The van der Waals surface area contributed by atoms with Crippen LogP contribution in [0.2, 0.25) is 0 Å². The molecule has 0 radical (unpaired) electrons. The normalized spacial score (nSPS) is 20.9. The van der Waals surface area contributed by atoms with Crippen LogP contribution in [0.5, 0.6) is 0 Å². The number of nitrogens with one attached hydrogen (secondary N) is 1. The summed E-state index contributed by atoms with van der Waals surface area (Å²) in [6.45, 7) is 14.1. The minimum atomic E-state index is -0.490. The number of nitrogens with zero attached hydrogens (tertiary/aromatic N) is 3. The highest BCUT2D eigenvalue weighted by atomic mass is 16.6. The molecule has 1 N–H and O–H groups in total. The first-order valence-electron chi connectivity index (χ1n) is 11.3. The fourth-order valence-electron chi connectivity index (χ4n) is 4.06. The Hall–Kier alpha value is -2.61. The van der Waals surface area contributed by atoms with Gasteiger partial charge in [-0.25, -0.2) is 9.59 Å². The molecule has 2 saturated heterocycles. The number of hydrogen-bond donors (Lipinski definition) is 1. The summed E-state index contributed by atoms with van der Waals surface area (Å²) in [6.07, 6.45) is 6.83. The van der Waals surface area contributed by atoms with Gasteiger partial charge in [-0.2, -0.15) is 0 Å². The highest BCUT2D eigenvalue weighted by Gasteiger charge is 2.39. The maximum Gasteiger partial charge on any atom is 0.419 e. The van der Waals surface area contributed by atoms with E-state index in [2.05, 4.69) is 10.3 Å². The quantitative estimate of drug-likeness (QED) is 0.647. The van der Waals surface area contributed by atoms with E-state index >= 15 is 0 Å². The van der Waals surface area contributed by atoms with Crippen molar-refractivity contribution in [1.82, 2.24) is 19.8 Å². The zero-order valence-corrected chi connectivity index (χ0v) is 20.1. The molecule has 176 valence electrons. The van der Waals surface area contributed by atoms with Gasteiger partial charge < -0.3 is 19.7 Å². The van der Waals surface area contributed by atoms with E-state index in [1.54, 1.807) is 18.6 Å². The molecule has 2 aliphatic heterocycles. The van der Waals surface area contributed by atoms with E-state index in [-0.39, 0.29) is 12.2 Å². The number of piperidine rings is 1. The molecule has 0 aromatic carbocycles. The molecule has 0 unspecified atom stereocenters. The Morgan fingerprint density at radius 3 is 2.41 bits per heavy atom. The van der Waals surface area contributed by atoms with Crippen LogP contribution in [-0.2, 0) is 9.47 Å². The fourth-order valence-corrected chi connectivity index (χ4v) is 4.06. The molecule has 2 aromatic heterocycles. The fraction of sp³-hybridized carbons (Fsp3) is 0.625. The lowest BCUT2D eigenvalue weighted by molar-refractivity contribution is 0.0194. The van der Waals surface area contributed by atoms with Gasteiger partial charge in [0.25, 0.3) is 0 Å². The Morgan fingerprint density at radius 1 is 1.03 bits per heavy atom. The Labute approximate surface area is 190 Å². The lowest BCUT2D eigenvalue weighted by atomic mass is 9.93. The summed E-state index contributed by atoms with van der Waals surface area (Å²) in [7, 11) is 0. The number of hydrogen-bond acceptors (Lipinski definition) is 6. The van der Waals surface area contributed by atoms with Crippen LogP contribution in [0.1, 0.15) is 54.4 Å². The summed E-state index contributed by atoms with van der Waals surface area (Å²) in [4.78, 5) is 29.7. The number of carbonyl (C=O) groups is 2. The maximum absolute atomic E-state index is 12.0. The van der Waals surface area contributed by atoms with Crippen molar-refractivity contribution in [2.75, 3.05) is 19.6 Å². The molecule has 2 fully saturated rings. The van der Waals surface area contributed by atoms with Crippen molar-refractivity contribution in [3.8, 4) is 0 Å². The molecular weight excluding hydrogens is 408 g/mol. The van der Waals surface area contributed by atoms with Crippen molar-refractivity contribution in [2.24, 2.45) is 5.92 Å². The van der Waals surface area contributed by atoms with Gasteiger partial charge in [-0.15, -0.1) is 0 Å². The van der Waals surface area contributed by atoms with Crippen LogP contribution in [0.25, 0.3) is 10.9 Å². The van der Waals surface area contributed by atoms with Crippen molar-refractivity contribution in [3.05, 3.63) is 30.7 Å². The summed E-state index contributed by atoms with van der Waals surface area (Å²) < 4.78 is 12.2. The minimum Gasteiger partial charge on any atom is -0.444 e. The van der Waals surface area contributed by atoms with Crippen LogP contribution in [0.15, 0.2) is 30.7 Å². The van der Waals surface area contributed by atoms with Gasteiger partial charge in [0.1, 0.15) is 11.2 Å². The van der Waals surface area contributed by atoms with E-state index in [0.29, 0.717) is 12.0 Å². The summed E-state index contributed by atoms with van der Waals surface area (Å²) in [5, 5.41) is 4.33. The average molecular weight is 445 g/mol.